The van der Waals surface area contributed by atoms with Gasteiger partial charge in [-0.05, 0) is 71.0 Å². The number of esters is 1. The van der Waals surface area contributed by atoms with Crippen LogP contribution in [-0.2, 0) is 9.53 Å². The molecule has 0 bridgehead atoms. The molecule has 1 amide bonds. The first-order valence-electron chi connectivity index (χ1n) is 10.3. The number of amides is 1. The fourth-order valence-electron chi connectivity index (χ4n) is 3.37. The van der Waals surface area contributed by atoms with Gasteiger partial charge in [0.05, 0.1) is 10.6 Å². The van der Waals surface area contributed by atoms with E-state index in [1.54, 1.807) is 36.4 Å². The molecule has 1 aliphatic rings. The molecule has 1 aliphatic heterocycles. The molecule has 0 spiro atoms. The molecule has 7 nitrogen and oxygen atoms in total. The third kappa shape index (κ3) is 6.67. The lowest BCUT2D eigenvalue weighted by Gasteiger charge is -2.32. The van der Waals surface area contributed by atoms with Gasteiger partial charge in [-0.15, -0.1) is 0 Å². The maximum absolute atomic E-state index is 13.0. The first-order chi connectivity index (χ1) is 14.7. The summed E-state index contributed by atoms with van der Waals surface area (Å²) >= 11 is 5.85. The fourth-order valence-corrected chi connectivity index (χ4v) is 3.48. The Kier molecular flexibility index (Phi) is 7.51. The van der Waals surface area contributed by atoms with Crippen molar-refractivity contribution in [3.05, 3.63) is 53.2 Å². The molecule has 1 atom stereocenters. The van der Waals surface area contributed by atoms with Crippen LogP contribution in [0.1, 0.15) is 44.0 Å². The molecule has 2 aromatic rings. The summed E-state index contributed by atoms with van der Waals surface area (Å²) < 4.78 is 11.8. The van der Waals surface area contributed by atoms with Gasteiger partial charge in [-0.3, -0.25) is 4.79 Å². The SMILES string of the molecule is CC(C)(C)OC(=O)C(Oc1ccccc1C(=O)Nc1ccc(Cl)cn1)C1CCNCC1. The topological polar surface area (TPSA) is 89.5 Å². The normalized spacial score (nSPS) is 15.7. The maximum atomic E-state index is 13.0. The number of para-hydroxylation sites is 1. The zero-order valence-corrected chi connectivity index (χ0v) is 18.7. The molecule has 1 fully saturated rings. The summed E-state index contributed by atoms with van der Waals surface area (Å²) in [6.07, 6.45) is 2.22. The Balaban J connectivity index is 1.83. The van der Waals surface area contributed by atoms with Gasteiger partial charge in [-0.2, -0.15) is 0 Å². The zero-order valence-electron chi connectivity index (χ0n) is 18.0. The predicted molar refractivity (Wildman–Crippen MR) is 119 cm³/mol. The van der Waals surface area contributed by atoms with E-state index in [9.17, 15) is 9.59 Å². The Morgan fingerprint density at radius 2 is 1.87 bits per heavy atom. The standard InChI is InChI=1S/C23H28ClN3O4/c1-23(2,3)31-22(29)20(15-10-12-25-13-11-15)30-18-7-5-4-6-17(18)21(28)27-19-9-8-16(24)14-26-19/h4-9,14-15,20,25H,10-13H2,1-3H3,(H,26,27,28). The second kappa shape index (κ2) is 10.1. The van der Waals surface area contributed by atoms with Crippen molar-refractivity contribution in [3.63, 3.8) is 0 Å². The van der Waals surface area contributed by atoms with E-state index >= 15 is 0 Å². The Labute approximate surface area is 187 Å². The quantitative estimate of drug-likeness (QED) is 0.651. The first kappa shape index (κ1) is 23.0. The van der Waals surface area contributed by atoms with E-state index in [1.807, 2.05) is 20.8 Å². The molecular formula is C23H28ClN3O4. The number of benzene rings is 1. The Bertz CT molecular complexity index is 906. The molecule has 0 saturated carbocycles. The second-order valence-electron chi connectivity index (χ2n) is 8.47. The minimum Gasteiger partial charge on any atom is -0.478 e. The number of anilines is 1. The Hall–Kier alpha value is -2.64. The van der Waals surface area contributed by atoms with E-state index in [0.717, 1.165) is 25.9 Å². The molecule has 31 heavy (non-hydrogen) atoms. The highest BCUT2D eigenvalue weighted by Crippen LogP contribution is 2.27. The van der Waals surface area contributed by atoms with Gasteiger partial charge in [0.2, 0.25) is 0 Å². The lowest BCUT2D eigenvalue weighted by atomic mass is 9.91. The van der Waals surface area contributed by atoms with E-state index in [-0.39, 0.29) is 5.92 Å². The number of nitrogens with zero attached hydrogens (tertiary/aromatic N) is 1. The van der Waals surface area contributed by atoms with Gasteiger partial charge in [-0.25, -0.2) is 9.78 Å². The van der Waals surface area contributed by atoms with Crippen LogP contribution < -0.4 is 15.4 Å². The highest BCUT2D eigenvalue weighted by molar-refractivity contribution is 6.30. The number of hydrogen-bond acceptors (Lipinski definition) is 6. The summed E-state index contributed by atoms with van der Waals surface area (Å²) in [6.45, 7) is 7.08. The Morgan fingerprint density at radius 3 is 2.52 bits per heavy atom. The molecule has 1 unspecified atom stereocenters. The van der Waals surface area contributed by atoms with Gasteiger partial charge in [0, 0.05) is 12.1 Å². The Morgan fingerprint density at radius 1 is 1.16 bits per heavy atom. The van der Waals surface area contributed by atoms with Crippen molar-refractivity contribution in [3.8, 4) is 5.75 Å². The number of hydrogen-bond donors (Lipinski definition) is 2. The van der Waals surface area contributed by atoms with Crippen molar-refractivity contribution >= 4 is 29.3 Å². The van der Waals surface area contributed by atoms with Crippen LogP contribution in [0.4, 0.5) is 5.82 Å². The summed E-state index contributed by atoms with van der Waals surface area (Å²) in [5.74, 6) is -0.132. The number of ether oxygens (including phenoxy) is 2. The summed E-state index contributed by atoms with van der Waals surface area (Å²) in [7, 11) is 0. The number of carbonyl (C=O) groups excluding carboxylic acids is 2. The van der Waals surface area contributed by atoms with Crippen molar-refractivity contribution in [2.45, 2.75) is 45.3 Å². The molecular weight excluding hydrogens is 418 g/mol. The monoisotopic (exact) mass is 445 g/mol. The van der Waals surface area contributed by atoms with Gasteiger partial charge in [0.1, 0.15) is 17.2 Å². The predicted octanol–water partition coefficient (Wildman–Crippen LogP) is 4.08. The average molecular weight is 446 g/mol. The highest BCUT2D eigenvalue weighted by Gasteiger charge is 2.35. The number of nitrogens with one attached hydrogen (secondary N) is 2. The number of piperidine rings is 1. The van der Waals surface area contributed by atoms with E-state index in [4.69, 9.17) is 21.1 Å². The van der Waals surface area contributed by atoms with E-state index in [2.05, 4.69) is 15.6 Å². The van der Waals surface area contributed by atoms with Crippen molar-refractivity contribution in [2.24, 2.45) is 5.92 Å². The van der Waals surface area contributed by atoms with Crippen LogP contribution in [0.3, 0.4) is 0 Å². The molecule has 1 aromatic carbocycles. The lowest BCUT2D eigenvalue weighted by Crippen LogP contribution is -2.44. The molecule has 3 rings (SSSR count). The summed E-state index contributed by atoms with van der Waals surface area (Å²) in [5, 5.41) is 6.50. The number of carbonyl (C=O) groups is 2. The van der Waals surface area contributed by atoms with Crippen LogP contribution in [0.25, 0.3) is 0 Å². The van der Waals surface area contributed by atoms with Gasteiger partial charge in [0.25, 0.3) is 5.91 Å². The molecule has 8 heteroatoms. The van der Waals surface area contributed by atoms with Crippen molar-refractivity contribution in [2.75, 3.05) is 18.4 Å². The maximum Gasteiger partial charge on any atom is 0.348 e. The molecule has 2 N–H and O–H groups in total. The molecule has 1 saturated heterocycles. The third-order valence-electron chi connectivity index (χ3n) is 4.81. The van der Waals surface area contributed by atoms with Crippen LogP contribution in [0.2, 0.25) is 5.02 Å². The van der Waals surface area contributed by atoms with E-state index < -0.39 is 23.6 Å². The van der Waals surface area contributed by atoms with Gasteiger partial charge in [0.15, 0.2) is 6.10 Å². The van der Waals surface area contributed by atoms with Crippen molar-refractivity contribution < 1.29 is 19.1 Å². The number of aromatic nitrogens is 1. The van der Waals surface area contributed by atoms with Gasteiger partial charge >= 0.3 is 5.97 Å². The largest absolute Gasteiger partial charge is 0.478 e. The summed E-state index contributed by atoms with van der Waals surface area (Å²) in [6, 6.07) is 10.1. The van der Waals surface area contributed by atoms with Crippen LogP contribution in [0.15, 0.2) is 42.6 Å². The van der Waals surface area contributed by atoms with Crippen LogP contribution in [0, 0.1) is 5.92 Å². The average Bonchev–Trinajstić information content (AvgIpc) is 2.73. The number of pyridine rings is 1. The van der Waals surface area contributed by atoms with Crippen molar-refractivity contribution in [1.29, 1.82) is 0 Å². The molecule has 2 heterocycles. The fraction of sp³-hybridized carbons (Fsp3) is 0.435. The summed E-state index contributed by atoms with van der Waals surface area (Å²) in [4.78, 5) is 30.0. The zero-order chi connectivity index (χ0) is 22.4. The lowest BCUT2D eigenvalue weighted by molar-refractivity contribution is -0.166. The smallest absolute Gasteiger partial charge is 0.348 e. The second-order valence-corrected chi connectivity index (χ2v) is 8.91. The van der Waals surface area contributed by atoms with Crippen LogP contribution >= 0.6 is 11.6 Å². The molecule has 166 valence electrons. The first-order valence-corrected chi connectivity index (χ1v) is 10.7. The minimum absolute atomic E-state index is 0.00912. The van der Waals surface area contributed by atoms with Gasteiger partial charge in [-0.1, -0.05) is 23.7 Å². The highest BCUT2D eigenvalue weighted by atomic mass is 35.5. The molecule has 0 aliphatic carbocycles. The molecule has 1 aromatic heterocycles. The third-order valence-corrected chi connectivity index (χ3v) is 5.03. The number of rotatable bonds is 6. The summed E-state index contributed by atoms with van der Waals surface area (Å²) in [5.41, 5.74) is -0.329. The van der Waals surface area contributed by atoms with Gasteiger partial charge < -0.3 is 20.1 Å². The van der Waals surface area contributed by atoms with E-state index in [0.29, 0.717) is 22.2 Å². The minimum atomic E-state index is -0.802. The number of halogens is 1. The van der Waals surface area contributed by atoms with E-state index in [1.165, 1.54) is 6.20 Å². The van der Waals surface area contributed by atoms with Crippen LogP contribution in [0.5, 0.6) is 5.75 Å². The van der Waals surface area contributed by atoms with Crippen LogP contribution in [-0.4, -0.2) is 41.7 Å². The van der Waals surface area contributed by atoms with Crippen molar-refractivity contribution in [1.82, 2.24) is 10.3 Å². The molecule has 0 radical (unpaired) electrons.